The molecule has 1 aromatic rings. The third kappa shape index (κ3) is 4.79. The highest BCUT2D eigenvalue weighted by molar-refractivity contribution is 7.90. The summed E-state index contributed by atoms with van der Waals surface area (Å²) in [5.41, 5.74) is 0.802. The van der Waals surface area contributed by atoms with E-state index in [0.717, 1.165) is 18.2 Å². The SMILES string of the molecule is CS(=O)(=O)c1ccc(CNC(=O)C2CCCC(C(=O)O)C2)cc1. The number of nitrogens with one attached hydrogen (secondary N) is 1. The van der Waals surface area contributed by atoms with E-state index in [1.165, 1.54) is 12.1 Å². The molecule has 1 aliphatic rings. The number of aliphatic carboxylic acids is 1. The highest BCUT2D eigenvalue weighted by atomic mass is 32.2. The van der Waals surface area contributed by atoms with Crippen LogP contribution >= 0.6 is 0 Å². The molecule has 2 N–H and O–H groups in total. The number of carbonyl (C=O) groups excluding carboxylic acids is 1. The van der Waals surface area contributed by atoms with Crippen molar-refractivity contribution in [1.82, 2.24) is 5.32 Å². The molecule has 0 spiro atoms. The summed E-state index contributed by atoms with van der Waals surface area (Å²) < 4.78 is 22.8. The summed E-state index contributed by atoms with van der Waals surface area (Å²) in [6.45, 7) is 0.303. The Hall–Kier alpha value is -1.89. The minimum absolute atomic E-state index is 0.136. The summed E-state index contributed by atoms with van der Waals surface area (Å²) in [5, 5.41) is 11.9. The van der Waals surface area contributed by atoms with Crippen LogP contribution in [0.3, 0.4) is 0 Å². The molecule has 1 amide bonds. The van der Waals surface area contributed by atoms with Crippen LogP contribution in [0.15, 0.2) is 29.2 Å². The maximum Gasteiger partial charge on any atom is 0.306 e. The van der Waals surface area contributed by atoms with Crippen molar-refractivity contribution in [3.8, 4) is 0 Å². The van der Waals surface area contributed by atoms with E-state index >= 15 is 0 Å². The first-order chi connectivity index (χ1) is 10.8. The number of carboxylic acid groups (broad SMARTS) is 1. The van der Waals surface area contributed by atoms with Crippen LogP contribution in [-0.2, 0) is 26.0 Å². The highest BCUT2D eigenvalue weighted by Crippen LogP contribution is 2.29. The average Bonchev–Trinajstić information content (AvgIpc) is 2.52. The van der Waals surface area contributed by atoms with Gasteiger partial charge >= 0.3 is 5.97 Å². The van der Waals surface area contributed by atoms with Crippen molar-refractivity contribution >= 4 is 21.7 Å². The minimum Gasteiger partial charge on any atom is -0.481 e. The smallest absolute Gasteiger partial charge is 0.306 e. The number of amides is 1. The fraction of sp³-hybridized carbons (Fsp3) is 0.500. The first-order valence-corrected chi connectivity index (χ1v) is 9.46. The largest absolute Gasteiger partial charge is 0.481 e. The number of rotatable bonds is 5. The summed E-state index contributed by atoms with van der Waals surface area (Å²) in [5.74, 6) is -1.67. The Balaban J connectivity index is 1.90. The second-order valence-electron chi connectivity index (χ2n) is 6.03. The van der Waals surface area contributed by atoms with Gasteiger partial charge in [-0.1, -0.05) is 18.6 Å². The summed E-state index contributed by atoms with van der Waals surface area (Å²) in [6, 6.07) is 6.35. The van der Waals surface area contributed by atoms with E-state index in [4.69, 9.17) is 5.11 Å². The van der Waals surface area contributed by atoms with Crippen LogP contribution in [0.2, 0.25) is 0 Å². The predicted molar refractivity (Wildman–Crippen MR) is 84.5 cm³/mol. The van der Waals surface area contributed by atoms with E-state index in [1.807, 2.05) is 0 Å². The van der Waals surface area contributed by atoms with Gasteiger partial charge in [-0.25, -0.2) is 8.42 Å². The lowest BCUT2D eigenvalue weighted by atomic mass is 9.81. The Labute approximate surface area is 135 Å². The molecule has 0 saturated heterocycles. The Morgan fingerprint density at radius 1 is 1.17 bits per heavy atom. The summed E-state index contributed by atoms with van der Waals surface area (Å²) in [4.78, 5) is 23.4. The lowest BCUT2D eigenvalue weighted by Gasteiger charge is -2.25. The zero-order valence-corrected chi connectivity index (χ0v) is 13.8. The second kappa shape index (κ2) is 7.12. The maximum absolute atomic E-state index is 12.2. The van der Waals surface area contributed by atoms with Gasteiger partial charge in [0.15, 0.2) is 9.84 Å². The molecule has 23 heavy (non-hydrogen) atoms. The molecule has 0 aromatic heterocycles. The monoisotopic (exact) mass is 339 g/mol. The molecule has 1 fully saturated rings. The quantitative estimate of drug-likeness (QED) is 0.848. The molecule has 2 unspecified atom stereocenters. The number of carboxylic acids is 1. The Morgan fingerprint density at radius 3 is 2.35 bits per heavy atom. The lowest BCUT2D eigenvalue weighted by Crippen LogP contribution is -2.35. The van der Waals surface area contributed by atoms with Crippen molar-refractivity contribution in [1.29, 1.82) is 0 Å². The van der Waals surface area contributed by atoms with Crippen LogP contribution in [0.1, 0.15) is 31.2 Å². The van der Waals surface area contributed by atoms with Crippen molar-refractivity contribution in [2.75, 3.05) is 6.26 Å². The zero-order valence-electron chi connectivity index (χ0n) is 13.0. The molecule has 1 aliphatic carbocycles. The molecule has 0 heterocycles. The molecule has 6 nitrogen and oxygen atoms in total. The molecular weight excluding hydrogens is 318 g/mol. The van der Waals surface area contributed by atoms with E-state index in [2.05, 4.69) is 5.32 Å². The summed E-state index contributed by atoms with van der Waals surface area (Å²) in [7, 11) is -3.23. The summed E-state index contributed by atoms with van der Waals surface area (Å²) in [6.07, 6.45) is 3.62. The van der Waals surface area contributed by atoms with Gasteiger partial charge in [0.1, 0.15) is 0 Å². The van der Waals surface area contributed by atoms with Crippen molar-refractivity contribution in [2.45, 2.75) is 37.1 Å². The van der Waals surface area contributed by atoms with Gasteiger partial charge in [-0.15, -0.1) is 0 Å². The Kier molecular flexibility index (Phi) is 5.41. The summed E-state index contributed by atoms with van der Waals surface area (Å²) >= 11 is 0. The molecule has 2 rings (SSSR count). The average molecular weight is 339 g/mol. The van der Waals surface area contributed by atoms with Crippen LogP contribution in [0, 0.1) is 11.8 Å². The van der Waals surface area contributed by atoms with Crippen molar-refractivity contribution < 1.29 is 23.1 Å². The molecule has 1 aromatic carbocycles. The fourth-order valence-corrected chi connectivity index (χ4v) is 3.47. The first-order valence-electron chi connectivity index (χ1n) is 7.57. The van der Waals surface area contributed by atoms with Crippen molar-refractivity contribution in [3.63, 3.8) is 0 Å². The maximum atomic E-state index is 12.2. The molecule has 126 valence electrons. The van der Waals surface area contributed by atoms with E-state index in [0.29, 0.717) is 25.8 Å². The predicted octanol–water partition coefficient (Wildman–Crippen LogP) is 1.60. The van der Waals surface area contributed by atoms with E-state index in [-0.39, 0.29) is 16.7 Å². The number of carbonyl (C=O) groups is 2. The topological polar surface area (TPSA) is 101 Å². The van der Waals surface area contributed by atoms with Crippen LogP contribution < -0.4 is 5.32 Å². The van der Waals surface area contributed by atoms with Crippen LogP contribution in [-0.4, -0.2) is 31.7 Å². The molecule has 1 saturated carbocycles. The molecule has 0 aliphatic heterocycles. The molecule has 2 atom stereocenters. The third-order valence-electron chi connectivity index (χ3n) is 4.21. The van der Waals surface area contributed by atoms with E-state index < -0.39 is 21.7 Å². The van der Waals surface area contributed by atoms with Crippen LogP contribution in [0.25, 0.3) is 0 Å². The first kappa shape index (κ1) is 17.5. The van der Waals surface area contributed by atoms with Crippen LogP contribution in [0.5, 0.6) is 0 Å². The van der Waals surface area contributed by atoms with Gasteiger partial charge in [-0.2, -0.15) is 0 Å². The van der Waals surface area contributed by atoms with Gasteiger partial charge in [0.05, 0.1) is 10.8 Å². The minimum atomic E-state index is -3.23. The normalized spacial score (nSPS) is 21.6. The molecule has 0 radical (unpaired) electrons. The van der Waals surface area contributed by atoms with Crippen LogP contribution in [0.4, 0.5) is 0 Å². The van der Waals surface area contributed by atoms with Gasteiger partial charge in [-0.05, 0) is 37.0 Å². The number of hydrogen-bond acceptors (Lipinski definition) is 4. The van der Waals surface area contributed by atoms with Gasteiger partial charge < -0.3 is 10.4 Å². The van der Waals surface area contributed by atoms with Gasteiger partial charge in [0.2, 0.25) is 5.91 Å². The van der Waals surface area contributed by atoms with E-state index in [9.17, 15) is 18.0 Å². The van der Waals surface area contributed by atoms with Gasteiger partial charge in [0.25, 0.3) is 0 Å². The third-order valence-corrected chi connectivity index (χ3v) is 5.34. The van der Waals surface area contributed by atoms with E-state index in [1.54, 1.807) is 12.1 Å². The van der Waals surface area contributed by atoms with Crippen molar-refractivity contribution in [2.24, 2.45) is 11.8 Å². The van der Waals surface area contributed by atoms with Gasteiger partial charge in [-0.3, -0.25) is 9.59 Å². The standard InChI is InChI=1S/C16H21NO5S/c1-23(21,22)14-7-5-11(6-8-14)10-17-15(18)12-3-2-4-13(9-12)16(19)20/h5-8,12-13H,2-4,9-10H2,1H3,(H,17,18)(H,19,20). The molecule has 7 heteroatoms. The fourth-order valence-electron chi connectivity index (χ4n) is 2.84. The van der Waals surface area contributed by atoms with Gasteiger partial charge in [0, 0.05) is 18.7 Å². The number of benzene rings is 1. The molecule has 0 bridgehead atoms. The highest BCUT2D eigenvalue weighted by Gasteiger charge is 2.30. The van der Waals surface area contributed by atoms with Crippen molar-refractivity contribution in [3.05, 3.63) is 29.8 Å². The number of sulfone groups is 1. The lowest BCUT2D eigenvalue weighted by molar-refractivity contribution is -0.144. The Morgan fingerprint density at radius 2 is 1.78 bits per heavy atom. The number of hydrogen-bond donors (Lipinski definition) is 2. The zero-order chi connectivity index (χ0) is 17.0. The Bertz CT molecular complexity index is 681. The molecular formula is C16H21NO5S. The second-order valence-corrected chi connectivity index (χ2v) is 8.05.